The summed E-state index contributed by atoms with van der Waals surface area (Å²) in [5.41, 5.74) is 0. The van der Waals surface area contributed by atoms with E-state index in [1.165, 1.54) is 127 Å². The third-order valence-electron chi connectivity index (χ3n) is 5.69. The number of nitrogens with zero attached hydrogens (tertiary/aromatic N) is 1. The summed E-state index contributed by atoms with van der Waals surface area (Å²) in [6, 6.07) is 0. The summed E-state index contributed by atoms with van der Waals surface area (Å²) in [4.78, 5) is 15.8. The lowest BCUT2D eigenvalue weighted by Crippen LogP contribution is -2.10. The van der Waals surface area contributed by atoms with Gasteiger partial charge in [-0.2, -0.15) is 0 Å². The Labute approximate surface area is 184 Å². The number of amides is 1. The molecule has 0 aliphatic carbocycles. The van der Waals surface area contributed by atoms with Crippen LogP contribution in [-0.2, 0) is 4.79 Å². The number of aromatic nitrogens is 1. The predicted octanol–water partition coefficient (Wildman–Crippen LogP) is 8.90. The van der Waals surface area contributed by atoms with Crippen LogP contribution in [0.15, 0.2) is 11.6 Å². The molecular formula is C25H46N2OS. The average molecular weight is 423 g/mol. The van der Waals surface area contributed by atoms with E-state index in [1.807, 2.05) is 5.38 Å². The highest BCUT2D eigenvalue weighted by Crippen LogP contribution is 2.15. The molecule has 1 aromatic rings. The molecular weight excluding hydrogens is 376 g/mol. The van der Waals surface area contributed by atoms with Gasteiger partial charge in [-0.1, -0.05) is 122 Å². The lowest BCUT2D eigenvalue weighted by atomic mass is 10.0. The summed E-state index contributed by atoms with van der Waals surface area (Å²) in [5.74, 6) is 0.104. The molecule has 1 amide bonds. The van der Waals surface area contributed by atoms with E-state index in [0.717, 1.165) is 6.42 Å². The van der Waals surface area contributed by atoms with Gasteiger partial charge in [-0.05, 0) is 6.42 Å². The molecule has 0 atom stereocenters. The van der Waals surface area contributed by atoms with Crippen molar-refractivity contribution in [3.05, 3.63) is 11.6 Å². The van der Waals surface area contributed by atoms with Crippen molar-refractivity contribution in [1.82, 2.24) is 4.98 Å². The Bertz CT molecular complexity index is 461. The largest absolute Gasteiger partial charge is 0.302 e. The Kier molecular flexibility index (Phi) is 18.4. The molecule has 0 saturated heterocycles. The highest BCUT2D eigenvalue weighted by atomic mass is 32.1. The summed E-state index contributed by atoms with van der Waals surface area (Å²) in [5, 5.41) is 5.45. The van der Waals surface area contributed by atoms with E-state index in [-0.39, 0.29) is 5.91 Å². The highest BCUT2D eigenvalue weighted by molar-refractivity contribution is 7.13. The van der Waals surface area contributed by atoms with Crippen LogP contribution in [0.4, 0.5) is 5.13 Å². The molecule has 3 nitrogen and oxygen atoms in total. The summed E-state index contributed by atoms with van der Waals surface area (Å²) < 4.78 is 0. The Hall–Kier alpha value is -0.900. The normalized spacial score (nSPS) is 11.1. The number of nitrogens with one attached hydrogen (secondary N) is 1. The SMILES string of the molecule is CCCCCCCCCCCCCCCCCCCCCC(=O)Nc1nccs1. The number of thiazole rings is 1. The maximum Gasteiger partial charge on any atom is 0.226 e. The Balaban J connectivity index is 1.69. The maximum atomic E-state index is 11.7. The van der Waals surface area contributed by atoms with Crippen molar-refractivity contribution in [3.63, 3.8) is 0 Å². The minimum absolute atomic E-state index is 0.104. The zero-order valence-electron chi connectivity index (χ0n) is 19.1. The molecule has 1 N–H and O–H groups in total. The number of hydrogen-bond acceptors (Lipinski definition) is 3. The van der Waals surface area contributed by atoms with E-state index < -0.39 is 0 Å². The van der Waals surface area contributed by atoms with E-state index in [9.17, 15) is 4.79 Å². The quantitative estimate of drug-likeness (QED) is 0.201. The van der Waals surface area contributed by atoms with E-state index in [4.69, 9.17) is 0 Å². The van der Waals surface area contributed by atoms with Crippen LogP contribution in [-0.4, -0.2) is 10.9 Å². The van der Waals surface area contributed by atoms with E-state index in [1.54, 1.807) is 6.20 Å². The van der Waals surface area contributed by atoms with Gasteiger partial charge in [0.1, 0.15) is 0 Å². The Morgan fingerprint density at radius 3 is 1.52 bits per heavy atom. The van der Waals surface area contributed by atoms with Crippen molar-refractivity contribution >= 4 is 22.4 Å². The molecule has 0 saturated carbocycles. The summed E-state index contributed by atoms with van der Waals surface area (Å²) in [6.45, 7) is 2.29. The van der Waals surface area contributed by atoms with Crippen LogP contribution in [0, 0.1) is 0 Å². The number of carbonyl (C=O) groups excluding carboxylic acids is 1. The minimum Gasteiger partial charge on any atom is -0.302 e. The monoisotopic (exact) mass is 422 g/mol. The van der Waals surface area contributed by atoms with Gasteiger partial charge in [-0.15, -0.1) is 11.3 Å². The number of unbranched alkanes of at least 4 members (excludes halogenated alkanes) is 18. The molecule has 0 aliphatic heterocycles. The molecule has 0 spiro atoms. The fourth-order valence-electron chi connectivity index (χ4n) is 3.83. The summed E-state index contributed by atoms with van der Waals surface area (Å²) in [7, 11) is 0. The number of anilines is 1. The van der Waals surface area contributed by atoms with Crippen LogP contribution in [0.2, 0.25) is 0 Å². The van der Waals surface area contributed by atoms with Gasteiger partial charge in [0, 0.05) is 18.0 Å². The summed E-state index contributed by atoms with van der Waals surface area (Å²) in [6.07, 6.45) is 28.5. The van der Waals surface area contributed by atoms with E-state index in [0.29, 0.717) is 11.6 Å². The van der Waals surface area contributed by atoms with Gasteiger partial charge < -0.3 is 5.32 Å². The highest BCUT2D eigenvalue weighted by Gasteiger charge is 2.03. The lowest BCUT2D eigenvalue weighted by Gasteiger charge is -2.04. The number of carbonyl (C=O) groups is 1. The molecule has 0 bridgehead atoms. The smallest absolute Gasteiger partial charge is 0.226 e. The standard InChI is InChI=1S/C25H46N2OS/c1-2-3-4-5-6-7-8-9-10-11-12-13-14-15-16-17-18-19-20-21-24(28)27-25-26-22-23-29-25/h22-23H,2-21H2,1H3,(H,26,27,28). The van der Waals surface area contributed by atoms with Gasteiger partial charge >= 0.3 is 0 Å². The minimum atomic E-state index is 0.104. The topological polar surface area (TPSA) is 42.0 Å². The molecule has 0 aromatic carbocycles. The van der Waals surface area contributed by atoms with Gasteiger partial charge in [-0.25, -0.2) is 4.98 Å². The molecule has 1 rings (SSSR count). The predicted molar refractivity (Wildman–Crippen MR) is 129 cm³/mol. The molecule has 0 radical (unpaired) electrons. The van der Waals surface area contributed by atoms with Gasteiger partial charge in [0.25, 0.3) is 0 Å². The third kappa shape index (κ3) is 17.7. The second-order valence-corrected chi connectivity index (χ2v) is 9.39. The Morgan fingerprint density at radius 1 is 0.724 bits per heavy atom. The zero-order valence-corrected chi connectivity index (χ0v) is 19.9. The summed E-state index contributed by atoms with van der Waals surface area (Å²) >= 11 is 1.47. The first-order valence-corrected chi connectivity index (χ1v) is 13.4. The molecule has 1 aromatic heterocycles. The van der Waals surface area contributed by atoms with Crippen LogP contribution in [0.5, 0.6) is 0 Å². The van der Waals surface area contributed by atoms with Gasteiger partial charge in [0.15, 0.2) is 5.13 Å². The second kappa shape index (κ2) is 20.4. The molecule has 0 aliphatic rings. The first-order valence-electron chi connectivity index (χ1n) is 12.5. The Morgan fingerprint density at radius 2 is 1.14 bits per heavy atom. The third-order valence-corrected chi connectivity index (χ3v) is 6.37. The molecule has 29 heavy (non-hydrogen) atoms. The van der Waals surface area contributed by atoms with Crippen LogP contribution in [0.1, 0.15) is 135 Å². The maximum absolute atomic E-state index is 11.7. The lowest BCUT2D eigenvalue weighted by molar-refractivity contribution is -0.116. The van der Waals surface area contributed by atoms with Crippen molar-refractivity contribution in [3.8, 4) is 0 Å². The van der Waals surface area contributed by atoms with Crippen molar-refractivity contribution in [2.75, 3.05) is 5.32 Å². The van der Waals surface area contributed by atoms with Crippen LogP contribution in [0.3, 0.4) is 0 Å². The second-order valence-electron chi connectivity index (χ2n) is 8.50. The van der Waals surface area contributed by atoms with Gasteiger partial charge in [-0.3, -0.25) is 4.79 Å². The van der Waals surface area contributed by atoms with Gasteiger partial charge in [0.05, 0.1) is 0 Å². The van der Waals surface area contributed by atoms with Crippen molar-refractivity contribution < 1.29 is 4.79 Å². The van der Waals surface area contributed by atoms with Crippen molar-refractivity contribution in [2.24, 2.45) is 0 Å². The molecule has 4 heteroatoms. The fourth-order valence-corrected chi connectivity index (χ4v) is 4.38. The van der Waals surface area contributed by atoms with E-state index in [2.05, 4.69) is 17.2 Å². The zero-order chi connectivity index (χ0) is 20.8. The molecule has 0 unspecified atom stereocenters. The first-order chi connectivity index (χ1) is 14.3. The number of rotatable bonds is 21. The number of hydrogen-bond donors (Lipinski definition) is 1. The average Bonchev–Trinajstić information content (AvgIpc) is 3.22. The van der Waals surface area contributed by atoms with Crippen LogP contribution < -0.4 is 5.32 Å². The molecule has 0 fully saturated rings. The van der Waals surface area contributed by atoms with Crippen LogP contribution >= 0.6 is 11.3 Å². The molecule has 1 heterocycles. The van der Waals surface area contributed by atoms with Gasteiger partial charge in [0.2, 0.25) is 5.91 Å². The van der Waals surface area contributed by atoms with E-state index >= 15 is 0 Å². The fraction of sp³-hybridized carbons (Fsp3) is 0.840. The molecule has 168 valence electrons. The van der Waals surface area contributed by atoms with Crippen molar-refractivity contribution in [2.45, 2.75) is 135 Å². The van der Waals surface area contributed by atoms with Crippen LogP contribution in [0.25, 0.3) is 0 Å². The van der Waals surface area contributed by atoms with Crippen molar-refractivity contribution in [1.29, 1.82) is 0 Å². The first kappa shape index (κ1) is 26.1.